The lowest BCUT2D eigenvalue weighted by Gasteiger charge is -2.29. The summed E-state index contributed by atoms with van der Waals surface area (Å²) in [5, 5.41) is 8.76. The maximum atomic E-state index is 12.6. The van der Waals surface area contributed by atoms with E-state index in [1.165, 1.54) is 24.0 Å². The Morgan fingerprint density at radius 2 is 2.04 bits per heavy atom. The molecule has 1 aliphatic rings. The highest BCUT2D eigenvalue weighted by atomic mass is 32.2. The van der Waals surface area contributed by atoms with Crippen LogP contribution in [0.25, 0.3) is 6.08 Å². The summed E-state index contributed by atoms with van der Waals surface area (Å²) in [7, 11) is -3.11. The number of hydrogen-bond donors (Lipinski definition) is 0. The van der Waals surface area contributed by atoms with Gasteiger partial charge >= 0.3 is 5.97 Å². The topological polar surface area (TPSA) is 105 Å². The number of carbonyl (C=O) groups is 2. The van der Waals surface area contributed by atoms with Crippen LogP contribution in [-0.4, -0.2) is 55.4 Å². The Labute approximate surface area is 159 Å². The lowest BCUT2D eigenvalue weighted by atomic mass is 10.1. The standard InChI is InChI=1S/C19H22N2O5S/c1-3-21(17-10-11-27(24,25)13-17)19(23)14(2)26-18(22)9-8-15-4-6-16(12-20)7-5-15/h4-9,14,17H,3,10-11,13H2,1-2H3/b9-8+/t14-,17-/m0/s1. The normalized spacial score (nSPS) is 19.4. The van der Waals surface area contributed by atoms with Crippen LogP contribution in [0.1, 0.15) is 31.4 Å². The zero-order chi connectivity index (χ0) is 20.0. The Kier molecular flexibility index (Phi) is 6.75. The fraction of sp³-hybridized carbons (Fsp3) is 0.421. The number of hydrogen-bond acceptors (Lipinski definition) is 6. The van der Waals surface area contributed by atoms with Crippen molar-refractivity contribution in [2.75, 3.05) is 18.1 Å². The van der Waals surface area contributed by atoms with Gasteiger partial charge in [0.05, 0.1) is 23.1 Å². The van der Waals surface area contributed by atoms with Crippen LogP contribution >= 0.6 is 0 Å². The summed E-state index contributed by atoms with van der Waals surface area (Å²) in [5.41, 5.74) is 1.24. The molecule has 0 radical (unpaired) electrons. The molecule has 0 aliphatic carbocycles. The molecule has 8 heteroatoms. The van der Waals surface area contributed by atoms with E-state index in [2.05, 4.69) is 0 Å². The number of sulfone groups is 1. The SMILES string of the molecule is CCN(C(=O)[C@H](C)OC(=O)/C=C/c1ccc(C#N)cc1)[C@H]1CCS(=O)(=O)C1. The van der Waals surface area contributed by atoms with Crippen molar-refractivity contribution in [2.24, 2.45) is 0 Å². The molecular weight excluding hydrogens is 368 g/mol. The minimum atomic E-state index is -3.11. The van der Waals surface area contributed by atoms with E-state index in [0.29, 0.717) is 18.5 Å². The molecule has 1 fully saturated rings. The highest BCUT2D eigenvalue weighted by molar-refractivity contribution is 7.91. The first kappa shape index (κ1) is 20.6. The monoisotopic (exact) mass is 390 g/mol. The number of rotatable bonds is 6. The number of benzene rings is 1. The summed E-state index contributed by atoms with van der Waals surface area (Å²) in [6.07, 6.45) is 2.14. The van der Waals surface area contributed by atoms with Crippen molar-refractivity contribution in [2.45, 2.75) is 32.4 Å². The Balaban J connectivity index is 1.94. The van der Waals surface area contributed by atoms with Crippen LogP contribution in [0.2, 0.25) is 0 Å². The van der Waals surface area contributed by atoms with Crippen LogP contribution in [0.4, 0.5) is 0 Å². The minimum Gasteiger partial charge on any atom is -0.449 e. The van der Waals surface area contributed by atoms with E-state index in [4.69, 9.17) is 10.00 Å². The molecule has 2 atom stereocenters. The Hall–Kier alpha value is -2.66. The zero-order valence-electron chi connectivity index (χ0n) is 15.3. The predicted octanol–water partition coefficient (Wildman–Crippen LogP) is 1.54. The van der Waals surface area contributed by atoms with Gasteiger partial charge in [0.1, 0.15) is 0 Å². The number of esters is 1. The number of carbonyl (C=O) groups excluding carboxylic acids is 2. The molecule has 1 aliphatic heterocycles. The van der Waals surface area contributed by atoms with Gasteiger partial charge in [-0.15, -0.1) is 0 Å². The molecule has 27 heavy (non-hydrogen) atoms. The minimum absolute atomic E-state index is 0.0498. The van der Waals surface area contributed by atoms with Gasteiger partial charge < -0.3 is 9.64 Å². The van der Waals surface area contributed by atoms with E-state index in [1.54, 1.807) is 31.2 Å². The van der Waals surface area contributed by atoms with Gasteiger partial charge in [-0.1, -0.05) is 12.1 Å². The molecule has 1 aromatic carbocycles. The summed E-state index contributed by atoms with van der Waals surface area (Å²) in [4.78, 5) is 26.0. The summed E-state index contributed by atoms with van der Waals surface area (Å²) >= 11 is 0. The fourth-order valence-electron chi connectivity index (χ4n) is 2.95. The smallest absolute Gasteiger partial charge is 0.331 e. The molecule has 0 saturated carbocycles. The first-order valence-corrected chi connectivity index (χ1v) is 10.5. The predicted molar refractivity (Wildman–Crippen MR) is 100 cm³/mol. The number of likely N-dealkylation sites (N-methyl/N-ethyl adjacent to an activating group) is 1. The van der Waals surface area contributed by atoms with Gasteiger partial charge in [0.15, 0.2) is 15.9 Å². The zero-order valence-corrected chi connectivity index (χ0v) is 16.1. The van der Waals surface area contributed by atoms with Crippen LogP contribution in [0.15, 0.2) is 30.3 Å². The van der Waals surface area contributed by atoms with Crippen molar-refractivity contribution >= 4 is 27.8 Å². The Morgan fingerprint density at radius 1 is 1.37 bits per heavy atom. The van der Waals surface area contributed by atoms with E-state index in [9.17, 15) is 18.0 Å². The van der Waals surface area contributed by atoms with Crippen molar-refractivity contribution in [1.82, 2.24) is 4.90 Å². The maximum absolute atomic E-state index is 12.6. The second-order valence-electron chi connectivity index (χ2n) is 6.33. The molecule has 0 spiro atoms. The maximum Gasteiger partial charge on any atom is 0.331 e. The summed E-state index contributed by atoms with van der Waals surface area (Å²) < 4.78 is 28.4. The fourth-order valence-corrected chi connectivity index (χ4v) is 4.68. The molecule has 144 valence electrons. The number of nitriles is 1. The Bertz CT molecular complexity index is 868. The summed E-state index contributed by atoms with van der Waals surface area (Å²) in [6, 6.07) is 8.28. The first-order chi connectivity index (χ1) is 12.8. The summed E-state index contributed by atoms with van der Waals surface area (Å²) in [5.74, 6) is -1.05. The van der Waals surface area contributed by atoms with Crippen LogP contribution in [-0.2, 0) is 24.2 Å². The van der Waals surface area contributed by atoms with Crippen LogP contribution in [0.5, 0.6) is 0 Å². The molecule has 0 N–H and O–H groups in total. The van der Waals surface area contributed by atoms with Gasteiger partial charge in [-0.3, -0.25) is 4.79 Å². The van der Waals surface area contributed by atoms with Crippen molar-refractivity contribution in [1.29, 1.82) is 5.26 Å². The van der Waals surface area contributed by atoms with Crippen molar-refractivity contribution in [3.8, 4) is 6.07 Å². The van der Waals surface area contributed by atoms with Gasteiger partial charge in [0, 0.05) is 18.7 Å². The van der Waals surface area contributed by atoms with Crippen molar-refractivity contribution in [3.63, 3.8) is 0 Å². The molecule has 0 unspecified atom stereocenters. The van der Waals surface area contributed by atoms with Crippen molar-refractivity contribution in [3.05, 3.63) is 41.5 Å². The molecule has 1 saturated heterocycles. The quantitative estimate of drug-likeness (QED) is 0.539. The van der Waals surface area contributed by atoms with E-state index in [-0.39, 0.29) is 17.5 Å². The van der Waals surface area contributed by atoms with E-state index in [0.717, 1.165) is 5.56 Å². The van der Waals surface area contributed by atoms with Crippen LogP contribution < -0.4 is 0 Å². The average Bonchev–Trinajstić information content (AvgIpc) is 3.00. The molecule has 1 aromatic rings. The molecule has 1 heterocycles. The highest BCUT2D eigenvalue weighted by Crippen LogP contribution is 2.19. The first-order valence-electron chi connectivity index (χ1n) is 8.65. The van der Waals surface area contributed by atoms with Crippen LogP contribution in [0, 0.1) is 11.3 Å². The molecular formula is C19H22N2O5S. The summed E-state index contributed by atoms with van der Waals surface area (Å²) in [6.45, 7) is 3.59. The molecule has 0 bridgehead atoms. The van der Waals surface area contributed by atoms with E-state index >= 15 is 0 Å². The van der Waals surface area contributed by atoms with Gasteiger partial charge in [0.2, 0.25) is 0 Å². The molecule has 2 rings (SSSR count). The van der Waals surface area contributed by atoms with Gasteiger partial charge in [-0.05, 0) is 44.0 Å². The molecule has 0 aromatic heterocycles. The van der Waals surface area contributed by atoms with E-state index in [1.807, 2.05) is 6.07 Å². The number of ether oxygens (including phenoxy) is 1. The Morgan fingerprint density at radius 3 is 2.56 bits per heavy atom. The van der Waals surface area contributed by atoms with Crippen LogP contribution in [0.3, 0.4) is 0 Å². The lowest BCUT2D eigenvalue weighted by molar-refractivity contribution is -0.156. The average molecular weight is 390 g/mol. The molecule has 7 nitrogen and oxygen atoms in total. The lowest BCUT2D eigenvalue weighted by Crippen LogP contribution is -2.46. The van der Waals surface area contributed by atoms with Crippen molar-refractivity contribution < 1.29 is 22.7 Å². The third-order valence-corrected chi connectivity index (χ3v) is 6.12. The van der Waals surface area contributed by atoms with Gasteiger partial charge in [0.25, 0.3) is 5.91 Å². The van der Waals surface area contributed by atoms with E-state index < -0.39 is 27.8 Å². The van der Waals surface area contributed by atoms with Gasteiger partial charge in [-0.2, -0.15) is 5.26 Å². The third-order valence-electron chi connectivity index (χ3n) is 4.37. The number of nitrogens with zero attached hydrogens (tertiary/aromatic N) is 2. The molecule has 1 amide bonds. The highest BCUT2D eigenvalue weighted by Gasteiger charge is 2.36. The second kappa shape index (κ2) is 8.82. The largest absolute Gasteiger partial charge is 0.449 e. The number of amides is 1. The van der Waals surface area contributed by atoms with Gasteiger partial charge in [-0.25, -0.2) is 13.2 Å². The third kappa shape index (κ3) is 5.66. The second-order valence-corrected chi connectivity index (χ2v) is 8.56.